The van der Waals surface area contributed by atoms with Crippen LogP contribution >= 0.6 is 0 Å². The van der Waals surface area contributed by atoms with Crippen LogP contribution in [-0.4, -0.2) is 58.5 Å². The van der Waals surface area contributed by atoms with Crippen LogP contribution in [0.25, 0.3) is 11.3 Å². The van der Waals surface area contributed by atoms with Crippen molar-refractivity contribution in [2.24, 2.45) is 11.8 Å². The Labute approximate surface area is 189 Å². The molecule has 2 aliphatic rings. The first-order valence-corrected chi connectivity index (χ1v) is 11.9. The Hall–Kier alpha value is -2.70. The van der Waals surface area contributed by atoms with Crippen LogP contribution in [0.2, 0.25) is 0 Å². The van der Waals surface area contributed by atoms with Crippen molar-refractivity contribution in [2.75, 3.05) is 26.7 Å². The Balaban J connectivity index is 1.12. The molecule has 1 N–H and O–H groups in total. The SMILES string of the molecule is CN(CCCCCc1cc(-c2cccc(F)c2)n[nH]1)C(=O)C1CCN(C(=O)C2CC2)CC1. The Kier molecular flexibility index (Phi) is 7.22. The molecule has 1 aliphatic carbocycles. The van der Waals surface area contributed by atoms with Crippen LogP contribution in [0, 0.1) is 17.7 Å². The number of likely N-dealkylation sites (tertiary alicyclic amines) is 1. The van der Waals surface area contributed by atoms with Crippen molar-refractivity contribution in [1.29, 1.82) is 0 Å². The van der Waals surface area contributed by atoms with Crippen molar-refractivity contribution < 1.29 is 14.0 Å². The Bertz CT molecular complexity index is 932. The van der Waals surface area contributed by atoms with E-state index in [1.807, 2.05) is 29.0 Å². The highest BCUT2D eigenvalue weighted by Gasteiger charge is 2.36. The van der Waals surface area contributed by atoms with Crippen molar-refractivity contribution in [3.8, 4) is 11.3 Å². The van der Waals surface area contributed by atoms with E-state index < -0.39 is 0 Å². The van der Waals surface area contributed by atoms with E-state index in [0.29, 0.717) is 5.91 Å². The van der Waals surface area contributed by atoms with Gasteiger partial charge in [-0.2, -0.15) is 5.10 Å². The zero-order valence-electron chi connectivity index (χ0n) is 18.9. The predicted octanol–water partition coefficient (Wildman–Crippen LogP) is 4.04. The van der Waals surface area contributed by atoms with Gasteiger partial charge in [0.05, 0.1) is 5.69 Å². The maximum atomic E-state index is 13.4. The van der Waals surface area contributed by atoms with Gasteiger partial charge < -0.3 is 9.80 Å². The van der Waals surface area contributed by atoms with Gasteiger partial charge >= 0.3 is 0 Å². The number of unbranched alkanes of at least 4 members (excludes halogenated alkanes) is 2. The van der Waals surface area contributed by atoms with Crippen LogP contribution in [0.4, 0.5) is 4.39 Å². The first-order chi connectivity index (χ1) is 15.5. The minimum absolute atomic E-state index is 0.0505. The van der Waals surface area contributed by atoms with E-state index in [-0.39, 0.29) is 23.6 Å². The van der Waals surface area contributed by atoms with Gasteiger partial charge in [-0.1, -0.05) is 18.6 Å². The summed E-state index contributed by atoms with van der Waals surface area (Å²) in [6, 6.07) is 8.43. The molecule has 1 saturated carbocycles. The monoisotopic (exact) mass is 440 g/mol. The molecule has 172 valence electrons. The molecule has 2 aromatic rings. The highest BCUT2D eigenvalue weighted by molar-refractivity contribution is 5.82. The average Bonchev–Trinajstić information content (AvgIpc) is 3.55. The van der Waals surface area contributed by atoms with E-state index in [1.165, 1.54) is 12.1 Å². The molecule has 0 radical (unpaired) electrons. The van der Waals surface area contributed by atoms with E-state index in [4.69, 9.17) is 0 Å². The largest absolute Gasteiger partial charge is 0.346 e. The van der Waals surface area contributed by atoms with Crippen LogP contribution in [0.15, 0.2) is 30.3 Å². The number of carbonyl (C=O) groups is 2. The van der Waals surface area contributed by atoms with Crippen LogP contribution < -0.4 is 0 Å². The number of nitrogens with one attached hydrogen (secondary N) is 1. The van der Waals surface area contributed by atoms with Gasteiger partial charge in [0.1, 0.15) is 5.82 Å². The van der Waals surface area contributed by atoms with Crippen molar-refractivity contribution in [3.63, 3.8) is 0 Å². The fourth-order valence-corrected chi connectivity index (χ4v) is 4.48. The summed E-state index contributed by atoms with van der Waals surface area (Å²) < 4.78 is 13.4. The first-order valence-electron chi connectivity index (χ1n) is 11.9. The number of aryl methyl sites for hydroxylation is 1. The molecule has 2 amide bonds. The molecule has 0 atom stereocenters. The number of H-pyrrole nitrogens is 1. The molecule has 0 bridgehead atoms. The molecule has 1 aromatic carbocycles. The van der Waals surface area contributed by atoms with Crippen molar-refractivity contribution in [1.82, 2.24) is 20.0 Å². The molecule has 0 unspecified atom stereocenters. The maximum Gasteiger partial charge on any atom is 0.225 e. The molecule has 0 spiro atoms. The van der Waals surface area contributed by atoms with Gasteiger partial charge in [-0.05, 0) is 63.1 Å². The number of nitrogens with zero attached hydrogens (tertiary/aromatic N) is 3. The van der Waals surface area contributed by atoms with E-state index >= 15 is 0 Å². The molecule has 2 fully saturated rings. The third-order valence-corrected chi connectivity index (χ3v) is 6.65. The van der Waals surface area contributed by atoms with E-state index in [1.54, 1.807) is 6.07 Å². The van der Waals surface area contributed by atoms with Crippen LogP contribution in [0.1, 0.15) is 50.6 Å². The number of rotatable bonds is 9. The molecular weight excluding hydrogens is 407 g/mol. The van der Waals surface area contributed by atoms with Gasteiger partial charge in [0.2, 0.25) is 11.8 Å². The molecule has 1 aliphatic heterocycles. The number of hydrogen-bond acceptors (Lipinski definition) is 3. The average molecular weight is 441 g/mol. The van der Waals surface area contributed by atoms with Crippen molar-refractivity contribution in [3.05, 3.63) is 41.8 Å². The lowest BCUT2D eigenvalue weighted by atomic mass is 9.95. The van der Waals surface area contributed by atoms with Gasteiger partial charge in [0.25, 0.3) is 0 Å². The van der Waals surface area contributed by atoms with E-state index in [0.717, 1.165) is 88.0 Å². The maximum absolute atomic E-state index is 13.4. The van der Waals surface area contributed by atoms with Crippen molar-refractivity contribution in [2.45, 2.75) is 51.4 Å². The second-order valence-corrected chi connectivity index (χ2v) is 9.23. The lowest BCUT2D eigenvalue weighted by molar-refractivity contribution is -0.140. The standard InChI is InChI=1S/C25H33FN4O2/c1-29(24(31)19-11-14-30(15-12-19)25(32)18-9-10-18)13-4-2-3-8-22-17-23(28-27-22)20-6-5-7-21(26)16-20/h5-7,16-19H,2-4,8-15H2,1H3,(H,27,28). The summed E-state index contributed by atoms with van der Waals surface area (Å²) in [5.41, 5.74) is 2.58. The van der Waals surface area contributed by atoms with E-state index in [9.17, 15) is 14.0 Å². The van der Waals surface area contributed by atoms with Crippen LogP contribution in [-0.2, 0) is 16.0 Å². The summed E-state index contributed by atoms with van der Waals surface area (Å²) in [6.45, 7) is 2.21. The topological polar surface area (TPSA) is 69.3 Å². The fraction of sp³-hybridized carbons (Fsp3) is 0.560. The van der Waals surface area contributed by atoms with Crippen LogP contribution in [0.5, 0.6) is 0 Å². The highest BCUT2D eigenvalue weighted by atomic mass is 19.1. The van der Waals surface area contributed by atoms with Gasteiger partial charge in [-0.25, -0.2) is 4.39 Å². The number of benzene rings is 1. The zero-order valence-corrected chi connectivity index (χ0v) is 18.9. The summed E-state index contributed by atoms with van der Waals surface area (Å²) in [7, 11) is 1.89. The second-order valence-electron chi connectivity index (χ2n) is 9.23. The van der Waals surface area contributed by atoms with Gasteiger partial charge in [-0.15, -0.1) is 0 Å². The molecule has 1 aromatic heterocycles. The smallest absolute Gasteiger partial charge is 0.225 e. The minimum Gasteiger partial charge on any atom is -0.346 e. The van der Waals surface area contributed by atoms with Gasteiger partial charge in [0.15, 0.2) is 0 Å². The number of aromatic amines is 1. The Morgan fingerprint density at radius 2 is 1.88 bits per heavy atom. The Morgan fingerprint density at radius 1 is 1.09 bits per heavy atom. The lowest BCUT2D eigenvalue weighted by Crippen LogP contribution is -2.44. The normalized spacial score (nSPS) is 16.9. The quantitative estimate of drug-likeness (QED) is 0.599. The number of halogens is 1. The lowest BCUT2D eigenvalue weighted by Gasteiger charge is -2.33. The molecule has 6 nitrogen and oxygen atoms in total. The van der Waals surface area contributed by atoms with E-state index in [2.05, 4.69) is 10.2 Å². The number of aromatic nitrogens is 2. The Morgan fingerprint density at radius 3 is 2.59 bits per heavy atom. The van der Waals surface area contributed by atoms with Gasteiger partial charge in [-0.3, -0.25) is 14.7 Å². The first kappa shape index (κ1) is 22.5. The highest BCUT2D eigenvalue weighted by Crippen LogP contribution is 2.32. The molecular formula is C25H33FN4O2. The van der Waals surface area contributed by atoms with Crippen LogP contribution in [0.3, 0.4) is 0 Å². The minimum atomic E-state index is -0.261. The summed E-state index contributed by atoms with van der Waals surface area (Å²) in [6.07, 6.45) is 7.53. The predicted molar refractivity (Wildman–Crippen MR) is 121 cm³/mol. The number of carbonyl (C=O) groups excluding carboxylic acids is 2. The molecule has 32 heavy (non-hydrogen) atoms. The number of piperidine rings is 1. The summed E-state index contributed by atoms with van der Waals surface area (Å²) in [5, 5.41) is 7.33. The summed E-state index contributed by atoms with van der Waals surface area (Å²) >= 11 is 0. The molecule has 1 saturated heterocycles. The third kappa shape index (κ3) is 5.75. The number of hydrogen-bond donors (Lipinski definition) is 1. The summed E-state index contributed by atoms with van der Waals surface area (Å²) in [4.78, 5) is 28.7. The van der Waals surface area contributed by atoms with Crippen molar-refractivity contribution >= 4 is 11.8 Å². The molecule has 7 heteroatoms. The molecule has 4 rings (SSSR count). The number of amides is 2. The molecule has 2 heterocycles. The fourth-order valence-electron chi connectivity index (χ4n) is 4.48. The second kappa shape index (κ2) is 10.3. The van der Waals surface area contributed by atoms with Gasteiger partial charge in [0, 0.05) is 49.8 Å². The third-order valence-electron chi connectivity index (χ3n) is 6.65. The summed E-state index contributed by atoms with van der Waals surface area (Å²) in [5.74, 6) is 0.568. The zero-order chi connectivity index (χ0) is 22.5.